The Balaban J connectivity index is 2.01. The molecule has 3 aromatic heterocycles. The molecule has 1 aromatic carbocycles. The Morgan fingerprint density at radius 1 is 1.09 bits per heavy atom. The van der Waals surface area contributed by atoms with E-state index in [2.05, 4.69) is 9.97 Å². The van der Waals surface area contributed by atoms with Gasteiger partial charge in [0.05, 0.1) is 12.0 Å². The molecule has 0 unspecified atom stereocenters. The van der Waals surface area contributed by atoms with Gasteiger partial charge in [0.2, 0.25) is 0 Å². The fraction of sp³-hybridized carbons (Fsp3) is 0. The number of hydrogen-bond donors (Lipinski definition) is 2. The fourth-order valence-electron chi connectivity index (χ4n) is 2.74. The van der Waals surface area contributed by atoms with E-state index in [1.165, 1.54) is 6.26 Å². The van der Waals surface area contributed by atoms with Gasteiger partial charge in [0.15, 0.2) is 0 Å². The van der Waals surface area contributed by atoms with Crippen LogP contribution in [0.2, 0.25) is 0 Å². The van der Waals surface area contributed by atoms with Gasteiger partial charge in [-0.1, -0.05) is 18.2 Å². The second-order valence-electron chi connectivity index (χ2n) is 5.14. The van der Waals surface area contributed by atoms with Gasteiger partial charge in [0.1, 0.15) is 17.4 Å². The summed E-state index contributed by atoms with van der Waals surface area (Å²) in [6, 6.07) is 15.0. The molecule has 0 aliphatic heterocycles. The molecule has 0 saturated carbocycles. The number of fused-ring (bicyclic) bond motifs is 1. The smallest absolute Gasteiger partial charge is 0.267 e. The van der Waals surface area contributed by atoms with Crippen LogP contribution in [0.15, 0.2) is 64.1 Å². The highest BCUT2D eigenvalue weighted by Crippen LogP contribution is 2.30. The zero-order valence-corrected chi connectivity index (χ0v) is 12.0. The van der Waals surface area contributed by atoms with Crippen molar-refractivity contribution in [3.05, 3.63) is 70.8 Å². The highest BCUT2D eigenvalue weighted by atomic mass is 16.3. The first-order valence-electron chi connectivity index (χ1n) is 7.05. The third kappa shape index (κ3) is 2.05. The van der Waals surface area contributed by atoms with Crippen molar-refractivity contribution >= 4 is 10.9 Å². The average Bonchev–Trinajstić information content (AvgIpc) is 3.24. The van der Waals surface area contributed by atoms with E-state index in [1.54, 1.807) is 18.2 Å². The summed E-state index contributed by atoms with van der Waals surface area (Å²) in [5.41, 5.74) is 2.59. The minimum atomic E-state index is -0.429. The number of aromatic nitrogens is 2. The van der Waals surface area contributed by atoms with E-state index in [-0.39, 0.29) is 5.56 Å². The van der Waals surface area contributed by atoms with Crippen molar-refractivity contribution in [3.63, 3.8) is 0 Å². The summed E-state index contributed by atoms with van der Waals surface area (Å²) < 4.78 is 5.37. The molecule has 4 rings (SSSR count). The van der Waals surface area contributed by atoms with Crippen molar-refractivity contribution < 1.29 is 4.42 Å². The van der Waals surface area contributed by atoms with Crippen LogP contribution in [0.5, 0.6) is 0 Å². The van der Waals surface area contributed by atoms with Crippen LogP contribution in [0.3, 0.4) is 0 Å². The third-order valence-electron chi connectivity index (χ3n) is 3.81. The second kappa shape index (κ2) is 5.04. The number of benzene rings is 1. The van der Waals surface area contributed by atoms with Crippen molar-refractivity contribution in [2.24, 2.45) is 0 Å². The molecule has 110 valence electrons. The molecule has 0 spiro atoms. The zero-order chi connectivity index (χ0) is 15.8. The summed E-state index contributed by atoms with van der Waals surface area (Å²) in [6.45, 7) is 0. The molecular formula is C18H11N3O2. The second-order valence-corrected chi connectivity index (χ2v) is 5.14. The number of rotatable bonds is 2. The number of pyridine rings is 1. The molecule has 0 fully saturated rings. The van der Waals surface area contributed by atoms with E-state index in [0.29, 0.717) is 17.0 Å². The molecule has 2 N–H and O–H groups in total. The molecule has 0 amide bonds. The lowest BCUT2D eigenvalue weighted by atomic mass is 10.0. The number of nitrogens with one attached hydrogen (secondary N) is 2. The van der Waals surface area contributed by atoms with E-state index in [9.17, 15) is 10.1 Å². The van der Waals surface area contributed by atoms with E-state index >= 15 is 0 Å². The maximum atomic E-state index is 12.3. The number of nitriles is 1. The number of para-hydroxylation sites is 1. The van der Waals surface area contributed by atoms with Gasteiger partial charge >= 0.3 is 0 Å². The van der Waals surface area contributed by atoms with Gasteiger partial charge in [-0.3, -0.25) is 4.79 Å². The normalized spacial score (nSPS) is 10.7. The lowest BCUT2D eigenvalue weighted by Gasteiger charge is -2.05. The van der Waals surface area contributed by atoms with E-state index in [0.717, 1.165) is 16.5 Å². The summed E-state index contributed by atoms with van der Waals surface area (Å²) >= 11 is 0. The van der Waals surface area contributed by atoms with Crippen molar-refractivity contribution in [3.8, 4) is 28.7 Å². The molecule has 0 aliphatic carbocycles. The third-order valence-corrected chi connectivity index (χ3v) is 3.81. The van der Waals surface area contributed by atoms with Gasteiger partial charge in [-0.25, -0.2) is 0 Å². The van der Waals surface area contributed by atoms with Crippen molar-refractivity contribution in [1.82, 2.24) is 9.97 Å². The number of H-pyrrole nitrogens is 2. The lowest BCUT2D eigenvalue weighted by Crippen LogP contribution is -2.12. The van der Waals surface area contributed by atoms with Crippen LogP contribution < -0.4 is 5.56 Å². The maximum Gasteiger partial charge on any atom is 0.267 e. The summed E-state index contributed by atoms with van der Waals surface area (Å²) in [4.78, 5) is 18.3. The summed E-state index contributed by atoms with van der Waals surface area (Å²) in [5, 5.41) is 10.3. The Morgan fingerprint density at radius 3 is 2.74 bits per heavy atom. The van der Waals surface area contributed by atoms with Crippen LogP contribution in [0.25, 0.3) is 33.5 Å². The summed E-state index contributed by atoms with van der Waals surface area (Å²) in [7, 11) is 0. The fourth-order valence-corrected chi connectivity index (χ4v) is 2.74. The first-order valence-corrected chi connectivity index (χ1v) is 7.05. The number of furan rings is 1. The SMILES string of the molecule is N#Cc1c(-c2ccco2)cc(-c2c[nH]c3ccccc23)[nH]c1=O. The predicted molar refractivity (Wildman–Crippen MR) is 86.8 cm³/mol. The Labute approximate surface area is 130 Å². The first-order chi connectivity index (χ1) is 11.3. The molecule has 0 bridgehead atoms. The zero-order valence-electron chi connectivity index (χ0n) is 12.0. The van der Waals surface area contributed by atoms with Gasteiger partial charge in [0, 0.05) is 28.2 Å². The summed E-state index contributed by atoms with van der Waals surface area (Å²) in [5.74, 6) is 0.494. The van der Waals surface area contributed by atoms with Crippen LogP contribution in [0.4, 0.5) is 0 Å². The number of nitrogens with zero attached hydrogens (tertiary/aromatic N) is 1. The Kier molecular flexibility index (Phi) is 2.88. The highest BCUT2D eigenvalue weighted by molar-refractivity contribution is 5.95. The van der Waals surface area contributed by atoms with Gasteiger partial charge < -0.3 is 14.4 Å². The molecule has 5 heteroatoms. The van der Waals surface area contributed by atoms with Crippen molar-refractivity contribution in [1.29, 1.82) is 5.26 Å². The molecule has 4 aromatic rings. The monoisotopic (exact) mass is 301 g/mol. The standard InChI is InChI=1S/C18H11N3O2/c19-9-13-12(17-6-3-7-23-17)8-16(21-18(13)22)14-10-20-15-5-2-1-4-11(14)15/h1-8,10,20H,(H,21,22). The van der Waals surface area contributed by atoms with Crippen molar-refractivity contribution in [2.75, 3.05) is 0 Å². The lowest BCUT2D eigenvalue weighted by molar-refractivity contribution is 0.582. The minimum Gasteiger partial charge on any atom is -0.464 e. The van der Waals surface area contributed by atoms with Crippen LogP contribution in [0, 0.1) is 11.3 Å². The quantitative estimate of drug-likeness (QED) is 0.592. The topological polar surface area (TPSA) is 85.6 Å². The maximum absolute atomic E-state index is 12.3. The van der Waals surface area contributed by atoms with Gasteiger partial charge in [-0.15, -0.1) is 0 Å². The molecule has 0 radical (unpaired) electrons. The molecule has 0 saturated heterocycles. The molecular weight excluding hydrogens is 290 g/mol. The first kappa shape index (κ1) is 13.2. The van der Waals surface area contributed by atoms with Crippen LogP contribution in [0.1, 0.15) is 5.56 Å². The molecule has 0 atom stereocenters. The van der Waals surface area contributed by atoms with Gasteiger partial charge in [0.25, 0.3) is 5.56 Å². The number of aromatic amines is 2. The molecule has 0 aliphatic rings. The van der Waals surface area contributed by atoms with E-state index < -0.39 is 5.56 Å². The van der Waals surface area contributed by atoms with Crippen LogP contribution >= 0.6 is 0 Å². The Bertz CT molecular complexity index is 1100. The van der Waals surface area contributed by atoms with E-state index in [4.69, 9.17) is 4.42 Å². The minimum absolute atomic E-state index is 0.0449. The van der Waals surface area contributed by atoms with Gasteiger partial charge in [-0.05, 0) is 24.3 Å². The predicted octanol–water partition coefficient (Wildman–Crippen LogP) is 3.65. The van der Waals surface area contributed by atoms with Crippen LogP contribution in [-0.2, 0) is 0 Å². The number of hydrogen-bond acceptors (Lipinski definition) is 3. The van der Waals surface area contributed by atoms with Crippen LogP contribution in [-0.4, -0.2) is 9.97 Å². The molecule has 5 nitrogen and oxygen atoms in total. The molecule has 23 heavy (non-hydrogen) atoms. The van der Waals surface area contributed by atoms with Crippen molar-refractivity contribution in [2.45, 2.75) is 0 Å². The Hall–Kier alpha value is -3.52. The largest absolute Gasteiger partial charge is 0.464 e. The molecule has 3 heterocycles. The van der Waals surface area contributed by atoms with Gasteiger partial charge in [-0.2, -0.15) is 5.26 Å². The summed E-state index contributed by atoms with van der Waals surface area (Å²) in [6.07, 6.45) is 3.36. The van der Waals surface area contributed by atoms with E-state index in [1.807, 2.05) is 36.5 Å². The highest BCUT2D eigenvalue weighted by Gasteiger charge is 2.15. The average molecular weight is 301 g/mol. The Morgan fingerprint density at radius 2 is 1.96 bits per heavy atom.